The fraction of sp³-hybridized carbons (Fsp3) is 0.429. The van der Waals surface area contributed by atoms with Crippen molar-refractivity contribution in [2.75, 3.05) is 32.1 Å². The minimum Gasteiger partial charge on any atom is -0.378 e. The van der Waals surface area contributed by atoms with Crippen molar-refractivity contribution < 1.29 is 23.6 Å². The number of halogens is 1. The number of ketones is 1. The molecule has 0 aromatic heterocycles. The summed E-state index contributed by atoms with van der Waals surface area (Å²) >= 11 is 0. The van der Waals surface area contributed by atoms with Gasteiger partial charge in [0.1, 0.15) is 17.9 Å². The molecular formula is C28H33FN4O4. The van der Waals surface area contributed by atoms with Crippen LogP contribution in [-0.2, 0) is 9.59 Å². The first-order valence-corrected chi connectivity index (χ1v) is 12.5. The van der Waals surface area contributed by atoms with E-state index in [0.29, 0.717) is 30.5 Å². The van der Waals surface area contributed by atoms with Crippen LogP contribution < -0.4 is 10.2 Å². The van der Waals surface area contributed by atoms with Gasteiger partial charge in [-0.2, -0.15) is 0 Å². The van der Waals surface area contributed by atoms with Crippen molar-refractivity contribution in [3.8, 4) is 0 Å². The molecule has 196 valence electrons. The quantitative estimate of drug-likeness (QED) is 0.621. The van der Waals surface area contributed by atoms with Crippen LogP contribution in [-0.4, -0.2) is 78.6 Å². The third kappa shape index (κ3) is 5.50. The molecule has 0 saturated carbocycles. The number of amides is 3. The van der Waals surface area contributed by atoms with Crippen molar-refractivity contribution >= 4 is 29.2 Å². The highest BCUT2D eigenvalue weighted by atomic mass is 19.1. The number of carbonyl (C=O) groups excluding carboxylic acids is 4. The number of carbonyl (C=O) groups is 4. The van der Waals surface area contributed by atoms with Crippen LogP contribution in [0, 0.1) is 11.7 Å². The Balaban J connectivity index is 1.49. The number of rotatable bonds is 7. The number of anilines is 1. The second-order valence-electron chi connectivity index (χ2n) is 10.3. The lowest BCUT2D eigenvalue weighted by molar-refractivity contribution is -0.138. The molecule has 37 heavy (non-hydrogen) atoms. The number of nitrogens with zero attached hydrogens (tertiary/aromatic N) is 3. The number of likely N-dealkylation sites (tertiary alicyclic amines) is 2. The molecule has 2 aromatic rings. The number of benzene rings is 2. The maximum Gasteiger partial charge on any atom is 0.254 e. The topological polar surface area (TPSA) is 90.0 Å². The molecule has 1 unspecified atom stereocenters. The Morgan fingerprint density at radius 2 is 1.62 bits per heavy atom. The normalized spacial score (nSPS) is 19.7. The largest absolute Gasteiger partial charge is 0.378 e. The lowest BCUT2D eigenvalue weighted by atomic mass is 10.0. The standard InChI is InChI=1S/C28H33FN4O4/c1-17(2)15-22(30-26(35)18-7-11-21(12-8-18)31(3)4)28(37)32-14-13-23-25(32)24(34)16-33(23)27(36)19-5-9-20(29)10-6-19/h5-12,17,22-23,25H,13-16H2,1-4H3,(H,30,35)/t22-,23?,25-/m0/s1. The Bertz CT molecular complexity index is 1180. The summed E-state index contributed by atoms with van der Waals surface area (Å²) in [5.74, 6) is -1.56. The third-order valence-corrected chi connectivity index (χ3v) is 7.01. The highest BCUT2D eigenvalue weighted by molar-refractivity contribution is 6.03. The molecule has 0 bridgehead atoms. The highest BCUT2D eigenvalue weighted by Gasteiger charge is 2.52. The lowest BCUT2D eigenvalue weighted by Gasteiger charge is -2.29. The SMILES string of the molecule is CC(C)C[C@H](NC(=O)c1ccc(N(C)C)cc1)C(=O)N1CCC2[C@H]1C(=O)CN2C(=O)c1ccc(F)cc1. The number of nitrogens with one attached hydrogen (secondary N) is 1. The summed E-state index contributed by atoms with van der Waals surface area (Å²) in [5.41, 5.74) is 1.69. The summed E-state index contributed by atoms with van der Waals surface area (Å²) in [7, 11) is 3.82. The van der Waals surface area contributed by atoms with E-state index in [9.17, 15) is 23.6 Å². The monoisotopic (exact) mass is 508 g/mol. The summed E-state index contributed by atoms with van der Waals surface area (Å²) in [4.78, 5) is 57.7. The Labute approximate surface area is 216 Å². The van der Waals surface area contributed by atoms with E-state index in [2.05, 4.69) is 5.32 Å². The average Bonchev–Trinajstić information content (AvgIpc) is 3.44. The second kappa shape index (κ2) is 10.7. The summed E-state index contributed by atoms with van der Waals surface area (Å²) in [6, 6.07) is 10.3. The Hall–Kier alpha value is -3.75. The molecular weight excluding hydrogens is 475 g/mol. The molecule has 2 fully saturated rings. The van der Waals surface area contributed by atoms with Crippen LogP contribution in [0.25, 0.3) is 0 Å². The van der Waals surface area contributed by atoms with E-state index >= 15 is 0 Å². The van der Waals surface area contributed by atoms with Gasteiger partial charge in [-0.15, -0.1) is 0 Å². The number of hydrogen-bond acceptors (Lipinski definition) is 5. The summed E-state index contributed by atoms with van der Waals surface area (Å²) < 4.78 is 13.3. The average molecular weight is 509 g/mol. The molecule has 3 atom stereocenters. The number of hydrogen-bond donors (Lipinski definition) is 1. The second-order valence-corrected chi connectivity index (χ2v) is 10.3. The molecule has 8 nitrogen and oxygen atoms in total. The Kier molecular flexibility index (Phi) is 7.61. The molecule has 1 N–H and O–H groups in total. The van der Waals surface area contributed by atoms with Crippen LogP contribution in [0.4, 0.5) is 10.1 Å². The minimum atomic E-state index is -0.797. The van der Waals surface area contributed by atoms with E-state index < -0.39 is 23.9 Å². The summed E-state index contributed by atoms with van der Waals surface area (Å²) in [6.07, 6.45) is 0.879. The van der Waals surface area contributed by atoms with E-state index in [1.54, 1.807) is 12.1 Å². The van der Waals surface area contributed by atoms with E-state index in [-0.39, 0.29) is 36.0 Å². The van der Waals surface area contributed by atoms with Crippen LogP contribution in [0.5, 0.6) is 0 Å². The molecule has 2 saturated heterocycles. The van der Waals surface area contributed by atoms with Crippen LogP contribution in [0.2, 0.25) is 0 Å². The van der Waals surface area contributed by atoms with Gasteiger partial charge in [-0.3, -0.25) is 19.2 Å². The van der Waals surface area contributed by atoms with Gasteiger partial charge in [0.2, 0.25) is 5.91 Å². The maximum atomic E-state index is 13.7. The minimum absolute atomic E-state index is 0.102. The molecule has 4 rings (SSSR count). The fourth-order valence-corrected chi connectivity index (χ4v) is 5.14. The maximum absolute atomic E-state index is 13.7. The van der Waals surface area contributed by atoms with E-state index in [0.717, 1.165) is 5.69 Å². The van der Waals surface area contributed by atoms with Gasteiger partial charge in [-0.25, -0.2) is 4.39 Å². The van der Waals surface area contributed by atoms with Crippen molar-refractivity contribution in [2.45, 2.75) is 44.8 Å². The zero-order valence-electron chi connectivity index (χ0n) is 21.6. The lowest BCUT2D eigenvalue weighted by Crippen LogP contribution is -2.53. The first-order chi connectivity index (χ1) is 17.6. The molecule has 0 spiro atoms. The van der Waals surface area contributed by atoms with Gasteiger partial charge in [0.05, 0.1) is 12.6 Å². The van der Waals surface area contributed by atoms with Gasteiger partial charge in [-0.1, -0.05) is 13.8 Å². The first-order valence-electron chi connectivity index (χ1n) is 12.5. The van der Waals surface area contributed by atoms with Crippen molar-refractivity contribution in [3.63, 3.8) is 0 Å². The van der Waals surface area contributed by atoms with Gasteiger partial charge in [0.15, 0.2) is 5.78 Å². The van der Waals surface area contributed by atoms with E-state index in [1.165, 1.54) is 34.1 Å². The van der Waals surface area contributed by atoms with Crippen LogP contribution in [0.15, 0.2) is 48.5 Å². The first kappa shape index (κ1) is 26.3. The summed E-state index contributed by atoms with van der Waals surface area (Å²) in [5, 5.41) is 2.88. The smallest absolute Gasteiger partial charge is 0.254 e. The van der Waals surface area contributed by atoms with Crippen molar-refractivity contribution in [1.29, 1.82) is 0 Å². The predicted molar refractivity (Wildman–Crippen MR) is 138 cm³/mol. The number of fused-ring (bicyclic) bond motifs is 1. The summed E-state index contributed by atoms with van der Waals surface area (Å²) in [6.45, 7) is 4.15. The molecule has 2 aliphatic rings. The third-order valence-electron chi connectivity index (χ3n) is 7.01. The van der Waals surface area contributed by atoms with E-state index in [1.807, 2.05) is 45.0 Å². The van der Waals surface area contributed by atoms with Crippen molar-refractivity contribution in [2.24, 2.45) is 5.92 Å². The van der Waals surface area contributed by atoms with E-state index in [4.69, 9.17) is 0 Å². The van der Waals surface area contributed by atoms with Crippen molar-refractivity contribution in [3.05, 3.63) is 65.5 Å². The molecule has 9 heteroatoms. The van der Waals surface area contributed by atoms with Gasteiger partial charge < -0.3 is 20.0 Å². The molecule has 2 heterocycles. The molecule has 0 aliphatic carbocycles. The van der Waals surface area contributed by atoms with Crippen LogP contribution in [0.1, 0.15) is 47.4 Å². The van der Waals surface area contributed by atoms with Crippen LogP contribution >= 0.6 is 0 Å². The molecule has 3 amide bonds. The molecule has 0 radical (unpaired) electrons. The molecule has 2 aromatic carbocycles. The predicted octanol–water partition coefficient (Wildman–Crippen LogP) is 2.73. The zero-order valence-corrected chi connectivity index (χ0v) is 21.6. The van der Waals surface area contributed by atoms with Gasteiger partial charge in [0, 0.05) is 37.5 Å². The van der Waals surface area contributed by atoms with Gasteiger partial charge in [-0.05, 0) is 67.3 Å². The highest BCUT2D eigenvalue weighted by Crippen LogP contribution is 2.32. The Morgan fingerprint density at radius 1 is 1.00 bits per heavy atom. The van der Waals surface area contributed by atoms with Gasteiger partial charge in [0.25, 0.3) is 11.8 Å². The molecule has 2 aliphatic heterocycles. The number of Topliss-reactive ketones (excluding diaryl/α,β-unsaturated/α-hetero) is 1. The van der Waals surface area contributed by atoms with Crippen LogP contribution in [0.3, 0.4) is 0 Å². The zero-order chi connectivity index (χ0) is 26.9. The van der Waals surface area contributed by atoms with Gasteiger partial charge >= 0.3 is 0 Å². The fourth-order valence-electron chi connectivity index (χ4n) is 5.14. The van der Waals surface area contributed by atoms with Crippen molar-refractivity contribution in [1.82, 2.24) is 15.1 Å². The Morgan fingerprint density at radius 3 is 2.22 bits per heavy atom.